The Morgan fingerprint density at radius 2 is 1.58 bits per heavy atom. The summed E-state index contributed by atoms with van der Waals surface area (Å²) in [6, 6.07) is 6.86. The lowest BCUT2D eigenvalue weighted by molar-refractivity contribution is -0.114. The van der Waals surface area contributed by atoms with Gasteiger partial charge >= 0.3 is 0 Å². The zero-order valence-electron chi connectivity index (χ0n) is 13.8. The number of amides is 2. The summed E-state index contributed by atoms with van der Waals surface area (Å²) in [4.78, 5) is 31.4. The lowest BCUT2D eigenvalue weighted by atomic mass is 10.2. The molecule has 0 saturated carbocycles. The van der Waals surface area contributed by atoms with Crippen molar-refractivity contribution in [3.8, 4) is 0 Å². The number of carbonyl (C=O) groups excluding carboxylic acids is 2. The minimum atomic E-state index is -0.289. The van der Waals surface area contributed by atoms with Crippen LogP contribution in [0.2, 0.25) is 0 Å². The first-order valence-electron chi connectivity index (χ1n) is 7.83. The van der Waals surface area contributed by atoms with Crippen LogP contribution in [0.15, 0.2) is 36.7 Å². The van der Waals surface area contributed by atoms with Crippen LogP contribution in [0.4, 0.5) is 17.3 Å². The second kappa shape index (κ2) is 8.61. The summed E-state index contributed by atoms with van der Waals surface area (Å²) in [6.45, 7) is 4.36. The van der Waals surface area contributed by atoms with Crippen molar-refractivity contribution in [1.82, 2.24) is 9.97 Å². The molecule has 0 fully saturated rings. The molecule has 0 spiro atoms. The molecule has 0 unspecified atom stereocenters. The number of carbonyl (C=O) groups is 2. The molecule has 0 aliphatic rings. The molecule has 1 aromatic carbocycles. The second-order valence-electron chi connectivity index (χ2n) is 5.29. The van der Waals surface area contributed by atoms with E-state index in [1.165, 1.54) is 19.3 Å². The van der Waals surface area contributed by atoms with E-state index in [4.69, 9.17) is 0 Å². The maximum atomic E-state index is 12.2. The fourth-order valence-corrected chi connectivity index (χ4v) is 1.96. The Bertz CT molecular complexity index is 683. The van der Waals surface area contributed by atoms with Crippen molar-refractivity contribution in [3.05, 3.63) is 42.2 Å². The molecule has 0 atom stereocenters. The molecule has 7 nitrogen and oxygen atoms in total. The van der Waals surface area contributed by atoms with Crippen LogP contribution in [-0.4, -0.2) is 28.3 Å². The van der Waals surface area contributed by atoms with Crippen molar-refractivity contribution in [2.45, 2.75) is 26.7 Å². The zero-order valence-corrected chi connectivity index (χ0v) is 13.8. The van der Waals surface area contributed by atoms with E-state index in [9.17, 15) is 9.59 Å². The molecular weight excluding hydrogens is 306 g/mol. The molecule has 24 heavy (non-hydrogen) atoms. The number of unbranched alkanes of at least 4 members (excludes halogenated alkanes) is 1. The molecule has 0 saturated heterocycles. The number of anilines is 3. The Morgan fingerprint density at radius 1 is 1.00 bits per heavy atom. The lowest BCUT2D eigenvalue weighted by Gasteiger charge is -2.07. The van der Waals surface area contributed by atoms with Gasteiger partial charge in [0.2, 0.25) is 11.9 Å². The Balaban J connectivity index is 1.93. The van der Waals surface area contributed by atoms with Crippen molar-refractivity contribution < 1.29 is 9.59 Å². The van der Waals surface area contributed by atoms with Gasteiger partial charge < -0.3 is 16.0 Å². The quantitative estimate of drug-likeness (QED) is 0.680. The van der Waals surface area contributed by atoms with Gasteiger partial charge in [0.15, 0.2) is 0 Å². The van der Waals surface area contributed by atoms with E-state index in [0.717, 1.165) is 19.4 Å². The summed E-state index contributed by atoms with van der Waals surface area (Å²) in [5.41, 5.74) is 1.67. The average Bonchev–Trinajstić information content (AvgIpc) is 2.57. The topological polar surface area (TPSA) is 96.0 Å². The fourth-order valence-electron chi connectivity index (χ4n) is 1.96. The first kappa shape index (κ1) is 17.4. The maximum Gasteiger partial charge on any atom is 0.258 e. The van der Waals surface area contributed by atoms with Crippen LogP contribution >= 0.6 is 0 Å². The summed E-state index contributed by atoms with van der Waals surface area (Å²) in [5.74, 6) is 0.0821. The van der Waals surface area contributed by atoms with Crippen molar-refractivity contribution >= 4 is 29.1 Å². The largest absolute Gasteiger partial charge is 0.354 e. The molecule has 0 aliphatic carbocycles. The molecule has 2 aromatic rings. The number of nitrogens with one attached hydrogen (secondary N) is 3. The first-order chi connectivity index (χ1) is 11.6. The normalized spacial score (nSPS) is 10.1. The Kier molecular flexibility index (Phi) is 6.24. The van der Waals surface area contributed by atoms with Gasteiger partial charge in [0.25, 0.3) is 5.91 Å². The van der Waals surface area contributed by atoms with Gasteiger partial charge in [-0.3, -0.25) is 9.59 Å². The second-order valence-corrected chi connectivity index (χ2v) is 5.29. The van der Waals surface area contributed by atoms with Crippen LogP contribution in [0.25, 0.3) is 0 Å². The number of hydrogen-bond acceptors (Lipinski definition) is 5. The van der Waals surface area contributed by atoms with Crippen LogP contribution in [0.5, 0.6) is 0 Å². The summed E-state index contributed by atoms with van der Waals surface area (Å²) < 4.78 is 0. The zero-order chi connectivity index (χ0) is 17.4. The summed E-state index contributed by atoms with van der Waals surface area (Å²) in [7, 11) is 0. The molecule has 2 rings (SSSR count). The van der Waals surface area contributed by atoms with Gasteiger partial charge in [-0.15, -0.1) is 0 Å². The van der Waals surface area contributed by atoms with Crippen LogP contribution < -0.4 is 16.0 Å². The average molecular weight is 327 g/mol. The van der Waals surface area contributed by atoms with Crippen molar-refractivity contribution in [3.63, 3.8) is 0 Å². The van der Waals surface area contributed by atoms with Crippen molar-refractivity contribution in [2.24, 2.45) is 0 Å². The van der Waals surface area contributed by atoms with Gasteiger partial charge in [0.1, 0.15) is 0 Å². The third kappa shape index (κ3) is 5.35. The number of hydrogen-bond donors (Lipinski definition) is 3. The third-order valence-electron chi connectivity index (χ3n) is 3.19. The van der Waals surface area contributed by atoms with E-state index in [-0.39, 0.29) is 11.8 Å². The first-order valence-corrected chi connectivity index (χ1v) is 7.83. The molecule has 0 radical (unpaired) electrons. The van der Waals surface area contributed by atoms with E-state index in [0.29, 0.717) is 22.9 Å². The van der Waals surface area contributed by atoms with Gasteiger partial charge in [-0.2, -0.15) is 0 Å². The minimum absolute atomic E-state index is 0.142. The van der Waals surface area contributed by atoms with Crippen LogP contribution in [0, 0.1) is 0 Å². The van der Waals surface area contributed by atoms with Crippen LogP contribution in [0.3, 0.4) is 0 Å². The number of benzene rings is 1. The predicted molar refractivity (Wildman–Crippen MR) is 94.1 cm³/mol. The highest BCUT2D eigenvalue weighted by Gasteiger charge is 2.08. The summed E-state index contributed by atoms with van der Waals surface area (Å²) >= 11 is 0. The summed E-state index contributed by atoms with van der Waals surface area (Å²) in [6.07, 6.45) is 5.11. The highest BCUT2D eigenvalue weighted by molar-refractivity contribution is 6.04. The highest BCUT2D eigenvalue weighted by atomic mass is 16.2. The van der Waals surface area contributed by atoms with Crippen LogP contribution in [-0.2, 0) is 4.79 Å². The third-order valence-corrected chi connectivity index (χ3v) is 3.19. The van der Waals surface area contributed by atoms with E-state index in [1.807, 2.05) is 0 Å². The minimum Gasteiger partial charge on any atom is -0.354 e. The van der Waals surface area contributed by atoms with Gasteiger partial charge in [0.05, 0.1) is 5.56 Å². The Hall–Kier alpha value is -2.96. The van der Waals surface area contributed by atoms with E-state index in [2.05, 4.69) is 32.8 Å². The fraction of sp³-hybridized carbons (Fsp3) is 0.294. The maximum absolute atomic E-state index is 12.2. The van der Waals surface area contributed by atoms with E-state index < -0.39 is 0 Å². The molecule has 126 valence electrons. The number of nitrogens with zero attached hydrogens (tertiary/aromatic N) is 2. The van der Waals surface area contributed by atoms with Gasteiger partial charge in [0, 0.05) is 37.2 Å². The smallest absolute Gasteiger partial charge is 0.258 e. The lowest BCUT2D eigenvalue weighted by Crippen LogP contribution is -2.14. The molecule has 7 heteroatoms. The molecule has 0 bridgehead atoms. The Labute approximate surface area is 140 Å². The predicted octanol–water partition coefficient (Wildman–Crippen LogP) is 2.90. The standard InChI is InChI=1S/C17H21N5O2/c1-3-4-9-18-17-19-10-13(11-20-17)16(24)22-15-7-5-14(6-8-15)21-12(2)23/h5-8,10-11H,3-4,9H2,1-2H3,(H,21,23)(H,22,24)(H,18,19,20). The SMILES string of the molecule is CCCCNc1ncc(C(=O)Nc2ccc(NC(C)=O)cc2)cn1. The van der Waals surface area contributed by atoms with E-state index in [1.54, 1.807) is 24.3 Å². The molecular formula is C17H21N5O2. The van der Waals surface area contributed by atoms with E-state index >= 15 is 0 Å². The van der Waals surface area contributed by atoms with Gasteiger partial charge in [-0.05, 0) is 30.7 Å². The van der Waals surface area contributed by atoms with Gasteiger partial charge in [-0.1, -0.05) is 13.3 Å². The molecule has 1 aromatic heterocycles. The summed E-state index contributed by atoms with van der Waals surface area (Å²) in [5, 5.41) is 8.52. The highest BCUT2D eigenvalue weighted by Crippen LogP contribution is 2.14. The van der Waals surface area contributed by atoms with Crippen molar-refractivity contribution in [1.29, 1.82) is 0 Å². The Morgan fingerprint density at radius 3 is 2.12 bits per heavy atom. The molecule has 3 N–H and O–H groups in total. The molecule has 1 heterocycles. The monoisotopic (exact) mass is 327 g/mol. The molecule has 2 amide bonds. The van der Waals surface area contributed by atoms with Crippen molar-refractivity contribution in [2.75, 3.05) is 22.5 Å². The van der Waals surface area contributed by atoms with Crippen LogP contribution in [0.1, 0.15) is 37.0 Å². The molecule has 0 aliphatic heterocycles. The van der Waals surface area contributed by atoms with Gasteiger partial charge in [-0.25, -0.2) is 9.97 Å². The number of rotatable bonds is 7. The number of aromatic nitrogens is 2.